The molecule has 3 heterocycles. The fraction of sp³-hybridized carbons (Fsp3) is 0.259. The van der Waals surface area contributed by atoms with Gasteiger partial charge in [0.15, 0.2) is 0 Å². The van der Waals surface area contributed by atoms with Gasteiger partial charge in [0.2, 0.25) is 0 Å². The summed E-state index contributed by atoms with van der Waals surface area (Å²) in [5.41, 5.74) is 1.07. The molecule has 0 spiro atoms. The van der Waals surface area contributed by atoms with Crippen LogP contribution in [0.4, 0.5) is 30.2 Å². The number of para-hydroxylation sites is 1. The van der Waals surface area contributed by atoms with Gasteiger partial charge in [-0.3, -0.25) is 9.88 Å². The van der Waals surface area contributed by atoms with Crippen LogP contribution in [-0.4, -0.2) is 55.2 Å². The molecule has 1 saturated heterocycles. The predicted octanol–water partition coefficient (Wildman–Crippen LogP) is 6.69. The van der Waals surface area contributed by atoms with Crippen LogP contribution in [0.2, 0.25) is 5.02 Å². The van der Waals surface area contributed by atoms with E-state index >= 15 is 0 Å². The van der Waals surface area contributed by atoms with Gasteiger partial charge in [0.05, 0.1) is 16.8 Å². The maximum absolute atomic E-state index is 13.4. The Bertz CT molecular complexity index is 1420. The summed E-state index contributed by atoms with van der Waals surface area (Å²) in [6, 6.07) is 15.0. The van der Waals surface area contributed by atoms with Crippen LogP contribution in [0.5, 0.6) is 0 Å². The first-order valence-electron chi connectivity index (χ1n) is 12.0. The minimum Gasteiger partial charge on any atom is -0.460 e. The van der Waals surface area contributed by atoms with E-state index in [1.54, 1.807) is 23.6 Å². The van der Waals surface area contributed by atoms with Gasteiger partial charge in [-0.25, -0.2) is 4.79 Å². The molecule has 1 N–H and O–H groups in total. The summed E-state index contributed by atoms with van der Waals surface area (Å²) in [6.45, 7) is 4.28. The molecule has 0 saturated carbocycles. The molecule has 11 heteroatoms. The van der Waals surface area contributed by atoms with E-state index in [2.05, 4.69) is 20.1 Å². The van der Waals surface area contributed by atoms with Gasteiger partial charge in [-0.05, 0) is 47.8 Å². The Morgan fingerprint density at radius 1 is 1.03 bits per heavy atom. The lowest BCUT2D eigenvalue weighted by Crippen LogP contribution is -2.47. The normalized spacial score (nSPS) is 14.6. The number of hydrogen-bond acceptors (Lipinski definition) is 7. The Balaban J connectivity index is 1.18. The van der Waals surface area contributed by atoms with Crippen LogP contribution in [0.1, 0.15) is 15.2 Å². The van der Waals surface area contributed by atoms with E-state index in [-0.39, 0.29) is 12.1 Å². The number of pyridine rings is 1. The SMILES string of the molecule is O=C(OCCN1CCN(c2ccc(Cl)cc2)CC1)c1sccc1Nc1ccnc2c(C(F)(F)F)cccc12. The summed E-state index contributed by atoms with van der Waals surface area (Å²) >= 11 is 7.19. The number of anilines is 3. The van der Waals surface area contributed by atoms with Gasteiger partial charge in [0, 0.05) is 60.7 Å². The van der Waals surface area contributed by atoms with Gasteiger partial charge < -0.3 is 15.0 Å². The smallest absolute Gasteiger partial charge is 0.418 e. The second kappa shape index (κ2) is 11.2. The molecule has 2 aromatic carbocycles. The Morgan fingerprint density at radius 3 is 2.53 bits per heavy atom. The van der Waals surface area contributed by atoms with Gasteiger partial charge in [-0.15, -0.1) is 11.3 Å². The fourth-order valence-corrected chi connectivity index (χ4v) is 5.31. The molecule has 0 aliphatic carbocycles. The molecule has 0 unspecified atom stereocenters. The molecule has 198 valence electrons. The van der Waals surface area contributed by atoms with Crippen LogP contribution in [0, 0.1) is 0 Å². The van der Waals surface area contributed by atoms with E-state index in [0.717, 1.165) is 37.9 Å². The number of benzene rings is 2. The zero-order valence-electron chi connectivity index (χ0n) is 20.2. The van der Waals surface area contributed by atoms with E-state index in [1.807, 2.05) is 24.3 Å². The van der Waals surface area contributed by atoms with E-state index in [4.69, 9.17) is 16.3 Å². The predicted molar refractivity (Wildman–Crippen MR) is 145 cm³/mol. The average Bonchev–Trinajstić information content (AvgIpc) is 3.37. The Labute approximate surface area is 226 Å². The number of fused-ring (bicyclic) bond motifs is 1. The molecule has 0 amide bonds. The maximum Gasteiger partial charge on any atom is 0.418 e. The standard InChI is InChI=1S/C27H24ClF3N4O2S/c28-18-4-6-19(7-5-18)35-13-11-34(12-14-35)15-16-37-26(36)25-23(9-17-38-25)33-22-8-10-32-24-20(22)2-1-3-21(24)27(29,30)31/h1-10,17H,11-16H2,(H,32,33). The van der Waals surface area contributed by atoms with Crippen molar-refractivity contribution in [1.82, 2.24) is 9.88 Å². The van der Waals surface area contributed by atoms with Gasteiger partial charge in [0.25, 0.3) is 0 Å². The Hall–Kier alpha value is -3.34. The van der Waals surface area contributed by atoms with Gasteiger partial charge >= 0.3 is 12.1 Å². The van der Waals surface area contributed by atoms with Crippen molar-refractivity contribution in [2.75, 3.05) is 49.5 Å². The van der Waals surface area contributed by atoms with Crippen molar-refractivity contribution in [2.45, 2.75) is 6.18 Å². The van der Waals surface area contributed by atoms with Crippen LogP contribution in [0.3, 0.4) is 0 Å². The summed E-state index contributed by atoms with van der Waals surface area (Å²) in [6.07, 6.45) is -3.21. The second-order valence-corrected chi connectivity index (χ2v) is 10.1. The minimum absolute atomic E-state index is 0.152. The highest BCUT2D eigenvalue weighted by atomic mass is 35.5. The summed E-state index contributed by atoms with van der Waals surface area (Å²) in [5.74, 6) is -0.475. The topological polar surface area (TPSA) is 57.7 Å². The summed E-state index contributed by atoms with van der Waals surface area (Å²) in [7, 11) is 0. The lowest BCUT2D eigenvalue weighted by Gasteiger charge is -2.36. The number of thiophene rings is 1. The second-order valence-electron chi connectivity index (χ2n) is 8.79. The number of nitrogens with zero attached hydrogens (tertiary/aromatic N) is 3. The molecule has 0 radical (unpaired) electrons. The molecule has 38 heavy (non-hydrogen) atoms. The van der Waals surface area contributed by atoms with Crippen molar-refractivity contribution in [3.63, 3.8) is 0 Å². The lowest BCUT2D eigenvalue weighted by molar-refractivity contribution is -0.136. The molecule has 1 aliphatic rings. The number of ether oxygens (including phenoxy) is 1. The molecule has 2 aromatic heterocycles. The van der Waals surface area contributed by atoms with Crippen molar-refractivity contribution < 1.29 is 22.7 Å². The number of nitrogens with one attached hydrogen (secondary N) is 1. The van der Waals surface area contributed by atoms with E-state index in [1.165, 1.54) is 23.6 Å². The highest BCUT2D eigenvalue weighted by molar-refractivity contribution is 7.12. The van der Waals surface area contributed by atoms with Crippen LogP contribution in [-0.2, 0) is 10.9 Å². The molecular formula is C27H24ClF3N4O2S. The largest absolute Gasteiger partial charge is 0.460 e. The number of halogens is 4. The molecule has 6 nitrogen and oxygen atoms in total. The quantitative estimate of drug-likeness (QED) is 0.254. The number of rotatable bonds is 7. The van der Waals surface area contributed by atoms with E-state index in [0.29, 0.717) is 33.2 Å². The molecule has 0 bridgehead atoms. The molecule has 0 atom stereocenters. The summed E-state index contributed by atoms with van der Waals surface area (Å²) < 4.78 is 45.8. The van der Waals surface area contributed by atoms with Crippen LogP contribution >= 0.6 is 22.9 Å². The first kappa shape index (κ1) is 26.3. The first-order chi connectivity index (χ1) is 18.3. The fourth-order valence-electron chi connectivity index (χ4n) is 4.44. The first-order valence-corrected chi connectivity index (χ1v) is 13.2. The van der Waals surface area contributed by atoms with Crippen molar-refractivity contribution in [3.8, 4) is 0 Å². The number of carbonyl (C=O) groups excluding carboxylic acids is 1. The van der Waals surface area contributed by atoms with Crippen LogP contribution in [0.25, 0.3) is 10.9 Å². The van der Waals surface area contributed by atoms with Crippen LogP contribution in [0.15, 0.2) is 66.2 Å². The van der Waals surface area contributed by atoms with Gasteiger partial charge in [0.1, 0.15) is 11.5 Å². The van der Waals surface area contributed by atoms with E-state index in [9.17, 15) is 18.0 Å². The Morgan fingerprint density at radius 2 is 1.79 bits per heavy atom. The van der Waals surface area contributed by atoms with Crippen LogP contribution < -0.4 is 10.2 Å². The Kier molecular flexibility index (Phi) is 7.73. The highest BCUT2D eigenvalue weighted by Crippen LogP contribution is 2.37. The monoisotopic (exact) mass is 560 g/mol. The molecule has 4 aromatic rings. The third-order valence-corrected chi connectivity index (χ3v) is 7.55. The number of alkyl halides is 3. The molecular weight excluding hydrogens is 537 g/mol. The number of piperazine rings is 1. The minimum atomic E-state index is -4.52. The third-order valence-electron chi connectivity index (χ3n) is 6.40. The zero-order chi connectivity index (χ0) is 26.7. The number of aromatic nitrogens is 1. The highest BCUT2D eigenvalue weighted by Gasteiger charge is 2.33. The van der Waals surface area contributed by atoms with Gasteiger partial charge in [-0.1, -0.05) is 23.7 Å². The average molecular weight is 561 g/mol. The van der Waals surface area contributed by atoms with Crippen molar-refractivity contribution in [2.24, 2.45) is 0 Å². The van der Waals surface area contributed by atoms with Crippen molar-refractivity contribution >= 4 is 56.9 Å². The zero-order valence-corrected chi connectivity index (χ0v) is 21.7. The number of esters is 1. The number of hydrogen-bond donors (Lipinski definition) is 1. The number of carbonyl (C=O) groups is 1. The third kappa shape index (κ3) is 5.87. The van der Waals surface area contributed by atoms with Crippen molar-refractivity contribution in [3.05, 3.63) is 81.6 Å². The van der Waals surface area contributed by atoms with E-state index < -0.39 is 17.7 Å². The maximum atomic E-state index is 13.4. The molecule has 1 fully saturated rings. The van der Waals surface area contributed by atoms with Crippen molar-refractivity contribution in [1.29, 1.82) is 0 Å². The molecule has 1 aliphatic heterocycles. The molecule has 5 rings (SSSR count). The van der Waals surface area contributed by atoms with Gasteiger partial charge in [-0.2, -0.15) is 13.2 Å². The lowest BCUT2D eigenvalue weighted by atomic mass is 10.1. The summed E-state index contributed by atoms with van der Waals surface area (Å²) in [4.78, 5) is 21.7. The summed E-state index contributed by atoms with van der Waals surface area (Å²) in [5, 5.41) is 5.85.